The molecule has 1 aliphatic rings. The zero-order valence-corrected chi connectivity index (χ0v) is 12.0. The SMILES string of the molecule is COC1OC(CO)C(C)C(O)C1OC(=O)c1ccccc1. The summed E-state index contributed by atoms with van der Waals surface area (Å²) < 4.78 is 16.0. The molecule has 21 heavy (non-hydrogen) atoms. The second kappa shape index (κ2) is 7.00. The zero-order chi connectivity index (χ0) is 15.4. The quantitative estimate of drug-likeness (QED) is 0.790. The van der Waals surface area contributed by atoms with Gasteiger partial charge in [0.2, 0.25) is 0 Å². The highest BCUT2D eigenvalue weighted by atomic mass is 16.7. The van der Waals surface area contributed by atoms with Crippen molar-refractivity contribution in [1.82, 2.24) is 0 Å². The first-order valence-corrected chi connectivity index (χ1v) is 6.81. The minimum Gasteiger partial charge on any atom is -0.451 e. The fourth-order valence-corrected chi connectivity index (χ4v) is 2.34. The van der Waals surface area contributed by atoms with Gasteiger partial charge in [-0.3, -0.25) is 0 Å². The van der Waals surface area contributed by atoms with Crippen LogP contribution in [0.2, 0.25) is 0 Å². The number of aliphatic hydroxyl groups excluding tert-OH is 2. The van der Waals surface area contributed by atoms with Crippen LogP contribution in [0.1, 0.15) is 17.3 Å². The van der Waals surface area contributed by atoms with Gasteiger partial charge in [0.1, 0.15) is 6.10 Å². The third-order valence-electron chi connectivity index (χ3n) is 3.70. The normalized spacial score (nSPS) is 32.7. The van der Waals surface area contributed by atoms with E-state index < -0.39 is 30.6 Å². The van der Waals surface area contributed by atoms with Crippen LogP contribution in [0, 0.1) is 5.92 Å². The predicted molar refractivity (Wildman–Crippen MR) is 73.6 cm³/mol. The molecule has 0 saturated carbocycles. The number of benzene rings is 1. The average Bonchev–Trinajstić information content (AvgIpc) is 2.53. The highest BCUT2D eigenvalue weighted by Crippen LogP contribution is 2.28. The molecule has 1 saturated heterocycles. The van der Waals surface area contributed by atoms with Gasteiger partial charge in [0, 0.05) is 13.0 Å². The number of carbonyl (C=O) groups excluding carboxylic acids is 1. The maximum Gasteiger partial charge on any atom is 0.338 e. The third-order valence-corrected chi connectivity index (χ3v) is 3.70. The lowest BCUT2D eigenvalue weighted by Gasteiger charge is -2.41. The number of methoxy groups -OCH3 is 1. The van der Waals surface area contributed by atoms with Crippen LogP contribution in [0.15, 0.2) is 30.3 Å². The Morgan fingerprint density at radius 3 is 2.57 bits per heavy atom. The van der Waals surface area contributed by atoms with E-state index in [1.165, 1.54) is 7.11 Å². The van der Waals surface area contributed by atoms with Crippen LogP contribution in [-0.4, -0.2) is 54.5 Å². The van der Waals surface area contributed by atoms with E-state index in [0.717, 1.165) is 0 Å². The van der Waals surface area contributed by atoms with Crippen molar-refractivity contribution >= 4 is 5.97 Å². The fourth-order valence-electron chi connectivity index (χ4n) is 2.34. The molecule has 0 aliphatic carbocycles. The Balaban J connectivity index is 2.11. The second-order valence-electron chi connectivity index (χ2n) is 5.05. The number of carbonyl (C=O) groups is 1. The monoisotopic (exact) mass is 296 g/mol. The summed E-state index contributed by atoms with van der Waals surface area (Å²) >= 11 is 0. The van der Waals surface area contributed by atoms with Crippen LogP contribution >= 0.6 is 0 Å². The number of hydrogen-bond acceptors (Lipinski definition) is 6. The van der Waals surface area contributed by atoms with E-state index in [2.05, 4.69) is 0 Å². The molecule has 0 amide bonds. The molecule has 1 heterocycles. The Bertz CT molecular complexity index is 460. The highest BCUT2D eigenvalue weighted by molar-refractivity contribution is 5.89. The zero-order valence-electron chi connectivity index (χ0n) is 12.0. The van der Waals surface area contributed by atoms with Gasteiger partial charge >= 0.3 is 5.97 Å². The summed E-state index contributed by atoms with van der Waals surface area (Å²) in [6.07, 6.45) is -3.40. The van der Waals surface area contributed by atoms with Gasteiger partial charge in [-0.15, -0.1) is 0 Å². The standard InChI is InChI=1S/C15H20O6/c1-9-11(8-16)20-15(19-2)13(12(9)17)21-14(18)10-6-4-3-5-7-10/h3-7,9,11-13,15-17H,8H2,1-2H3. The van der Waals surface area contributed by atoms with Crippen molar-refractivity contribution in [2.45, 2.75) is 31.5 Å². The van der Waals surface area contributed by atoms with E-state index in [1.807, 2.05) is 0 Å². The Labute approximate surface area is 123 Å². The van der Waals surface area contributed by atoms with Crippen molar-refractivity contribution in [3.63, 3.8) is 0 Å². The van der Waals surface area contributed by atoms with E-state index in [1.54, 1.807) is 37.3 Å². The Hall–Kier alpha value is -1.47. The van der Waals surface area contributed by atoms with E-state index in [-0.39, 0.29) is 12.5 Å². The number of aliphatic hydroxyl groups is 2. The molecule has 0 spiro atoms. The topological polar surface area (TPSA) is 85.2 Å². The minimum atomic E-state index is -0.978. The van der Waals surface area contributed by atoms with Gasteiger partial charge in [0.25, 0.3) is 0 Å². The molecule has 1 fully saturated rings. The first-order valence-electron chi connectivity index (χ1n) is 6.81. The third kappa shape index (κ3) is 3.41. The van der Waals surface area contributed by atoms with Crippen molar-refractivity contribution in [2.75, 3.05) is 13.7 Å². The molecule has 0 bridgehead atoms. The van der Waals surface area contributed by atoms with Gasteiger partial charge in [0.05, 0.1) is 18.3 Å². The lowest BCUT2D eigenvalue weighted by molar-refractivity contribution is -0.279. The van der Waals surface area contributed by atoms with Crippen molar-refractivity contribution in [2.24, 2.45) is 5.92 Å². The lowest BCUT2D eigenvalue weighted by Crippen LogP contribution is -2.56. The molecule has 2 N–H and O–H groups in total. The Morgan fingerprint density at radius 2 is 2.00 bits per heavy atom. The van der Waals surface area contributed by atoms with Crippen molar-refractivity contribution in [3.8, 4) is 0 Å². The summed E-state index contributed by atoms with van der Waals surface area (Å²) in [5, 5.41) is 19.5. The fraction of sp³-hybridized carbons (Fsp3) is 0.533. The van der Waals surface area contributed by atoms with Crippen molar-refractivity contribution < 1.29 is 29.2 Å². The van der Waals surface area contributed by atoms with Gasteiger partial charge in [0.15, 0.2) is 12.4 Å². The first kappa shape index (κ1) is 15.9. The summed E-state index contributed by atoms with van der Waals surface area (Å²) in [7, 11) is 1.39. The molecule has 1 aliphatic heterocycles. The van der Waals surface area contributed by atoms with Crippen LogP contribution < -0.4 is 0 Å². The maximum atomic E-state index is 12.1. The summed E-state index contributed by atoms with van der Waals surface area (Å²) in [5.41, 5.74) is 0.386. The molecular weight excluding hydrogens is 276 g/mol. The van der Waals surface area contributed by atoms with Gasteiger partial charge in [-0.1, -0.05) is 25.1 Å². The van der Waals surface area contributed by atoms with Crippen LogP contribution in [0.5, 0.6) is 0 Å². The molecular formula is C15H20O6. The summed E-state index contributed by atoms with van der Waals surface area (Å²) in [6.45, 7) is 1.48. The Morgan fingerprint density at radius 1 is 1.33 bits per heavy atom. The smallest absolute Gasteiger partial charge is 0.338 e. The second-order valence-corrected chi connectivity index (χ2v) is 5.05. The van der Waals surface area contributed by atoms with E-state index in [9.17, 15) is 15.0 Å². The summed E-state index contributed by atoms with van der Waals surface area (Å²) in [5.74, 6) is -0.935. The van der Waals surface area contributed by atoms with Gasteiger partial charge in [-0.25, -0.2) is 4.79 Å². The first-order chi connectivity index (χ1) is 10.1. The van der Waals surface area contributed by atoms with Crippen LogP contribution in [-0.2, 0) is 14.2 Å². The number of ether oxygens (including phenoxy) is 3. The molecule has 116 valence electrons. The number of esters is 1. The molecule has 6 nitrogen and oxygen atoms in total. The predicted octanol–water partition coefficient (Wildman–Crippen LogP) is 0.573. The Kier molecular flexibility index (Phi) is 5.30. The van der Waals surface area contributed by atoms with Crippen LogP contribution in [0.4, 0.5) is 0 Å². The number of hydrogen-bond donors (Lipinski definition) is 2. The van der Waals surface area contributed by atoms with Gasteiger partial charge in [-0.2, -0.15) is 0 Å². The molecule has 2 rings (SSSR count). The molecule has 5 unspecified atom stereocenters. The minimum absolute atomic E-state index is 0.239. The molecule has 1 aromatic carbocycles. The molecule has 6 heteroatoms. The van der Waals surface area contributed by atoms with Crippen molar-refractivity contribution in [1.29, 1.82) is 0 Å². The largest absolute Gasteiger partial charge is 0.451 e. The molecule has 1 aromatic rings. The van der Waals surface area contributed by atoms with Gasteiger partial charge in [-0.05, 0) is 12.1 Å². The van der Waals surface area contributed by atoms with E-state index >= 15 is 0 Å². The van der Waals surface area contributed by atoms with Crippen LogP contribution in [0.3, 0.4) is 0 Å². The average molecular weight is 296 g/mol. The summed E-state index contributed by atoms with van der Waals surface area (Å²) in [6, 6.07) is 8.49. The van der Waals surface area contributed by atoms with Gasteiger partial charge < -0.3 is 24.4 Å². The highest BCUT2D eigenvalue weighted by Gasteiger charge is 2.45. The van der Waals surface area contributed by atoms with Crippen LogP contribution in [0.25, 0.3) is 0 Å². The lowest BCUT2D eigenvalue weighted by atomic mass is 9.91. The summed E-state index contributed by atoms with van der Waals surface area (Å²) in [4.78, 5) is 12.1. The molecule has 5 atom stereocenters. The molecule has 0 radical (unpaired) electrons. The molecule has 0 aromatic heterocycles. The van der Waals surface area contributed by atoms with E-state index in [0.29, 0.717) is 5.56 Å². The van der Waals surface area contributed by atoms with E-state index in [4.69, 9.17) is 14.2 Å². The number of rotatable bonds is 4. The van der Waals surface area contributed by atoms with Crippen molar-refractivity contribution in [3.05, 3.63) is 35.9 Å². The maximum absolute atomic E-state index is 12.1.